The van der Waals surface area contributed by atoms with Crippen LogP contribution in [0.3, 0.4) is 0 Å². The zero-order valence-corrected chi connectivity index (χ0v) is 5.47. The second kappa shape index (κ2) is 2.36. The van der Waals surface area contributed by atoms with Crippen LogP contribution in [0.4, 0.5) is 8.78 Å². The van der Waals surface area contributed by atoms with Gasteiger partial charge in [0.2, 0.25) is 0 Å². The van der Waals surface area contributed by atoms with Crippen molar-refractivity contribution in [3.05, 3.63) is 18.4 Å². The second-order valence-electron chi connectivity index (χ2n) is 1.93. The summed E-state index contributed by atoms with van der Waals surface area (Å²) in [5.41, 5.74) is -0.296. The van der Waals surface area contributed by atoms with E-state index < -0.39 is 5.92 Å². The number of rotatable bonds is 2. The predicted octanol–water partition coefficient (Wildman–Crippen LogP) is 2.18. The van der Waals surface area contributed by atoms with Gasteiger partial charge >= 0.3 is 0 Å². The van der Waals surface area contributed by atoms with Gasteiger partial charge in [0.15, 0.2) is 6.39 Å². The topological polar surface area (TPSA) is 26.0 Å². The van der Waals surface area contributed by atoms with E-state index in [2.05, 4.69) is 9.40 Å². The number of hydrogen-bond donors (Lipinski definition) is 0. The van der Waals surface area contributed by atoms with Gasteiger partial charge in [-0.2, -0.15) is 8.78 Å². The fourth-order valence-corrected chi connectivity index (χ4v) is 0.574. The summed E-state index contributed by atoms with van der Waals surface area (Å²) in [7, 11) is 0. The molecule has 56 valence electrons. The van der Waals surface area contributed by atoms with E-state index in [1.807, 2.05) is 0 Å². The number of hydrogen-bond acceptors (Lipinski definition) is 2. The number of alkyl halides is 2. The smallest absolute Gasteiger partial charge is 0.292 e. The molecule has 0 radical (unpaired) electrons. The molecule has 0 aliphatic heterocycles. The standard InChI is InChI=1S/C6H7F2NO/c1-2-6(7,8)5-3-10-4-9-5/h3-4H,2H2,1H3. The molecule has 0 unspecified atom stereocenters. The summed E-state index contributed by atoms with van der Waals surface area (Å²) in [6.45, 7) is 1.40. The van der Waals surface area contributed by atoms with Crippen LogP contribution >= 0.6 is 0 Å². The van der Waals surface area contributed by atoms with Crippen LogP contribution in [0.1, 0.15) is 19.0 Å². The van der Waals surface area contributed by atoms with Gasteiger partial charge in [-0.15, -0.1) is 0 Å². The Morgan fingerprint density at radius 1 is 1.70 bits per heavy atom. The van der Waals surface area contributed by atoms with Gasteiger partial charge in [-0.1, -0.05) is 6.92 Å². The molecule has 0 aliphatic carbocycles. The Kier molecular flexibility index (Phi) is 1.70. The summed E-state index contributed by atoms with van der Waals surface area (Å²) in [6.07, 6.45) is 1.71. The molecule has 0 saturated carbocycles. The van der Waals surface area contributed by atoms with E-state index >= 15 is 0 Å². The maximum Gasteiger partial charge on any atom is 0.292 e. The molecule has 0 spiro atoms. The molecule has 0 atom stereocenters. The van der Waals surface area contributed by atoms with Crippen LogP contribution in [0.15, 0.2) is 17.1 Å². The molecule has 0 aromatic carbocycles. The van der Waals surface area contributed by atoms with Gasteiger partial charge in [0, 0.05) is 6.42 Å². The van der Waals surface area contributed by atoms with Crippen molar-refractivity contribution in [3.8, 4) is 0 Å². The fourth-order valence-electron chi connectivity index (χ4n) is 0.574. The van der Waals surface area contributed by atoms with Crippen LogP contribution in [0.2, 0.25) is 0 Å². The van der Waals surface area contributed by atoms with E-state index in [1.54, 1.807) is 0 Å². The van der Waals surface area contributed by atoms with Crippen molar-refractivity contribution in [2.24, 2.45) is 0 Å². The number of oxazole rings is 1. The minimum atomic E-state index is -2.84. The van der Waals surface area contributed by atoms with E-state index in [-0.39, 0.29) is 12.1 Å². The highest BCUT2D eigenvalue weighted by atomic mass is 19.3. The quantitative estimate of drug-likeness (QED) is 0.640. The molecule has 0 bridgehead atoms. The molecular formula is C6H7F2NO. The summed E-state index contributed by atoms with van der Waals surface area (Å²) >= 11 is 0. The van der Waals surface area contributed by atoms with E-state index in [4.69, 9.17) is 0 Å². The van der Waals surface area contributed by atoms with Gasteiger partial charge < -0.3 is 4.42 Å². The summed E-state index contributed by atoms with van der Waals surface area (Å²) in [5.74, 6) is -2.84. The Morgan fingerprint density at radius 3 is 2.80 bits per heavy atom. The Hall–Kier alpha value is -0.930. The van der Waals surface area contributed by atoms with Crippen molar-refractivity contribution in [1.82, 2.24) is 4.98 Å². The first-order valence-electron chi connectivity index (χ1n) is 2.93. The molecule has 0 saturated heterocycles. The summed E-state index contributed by atoms with van der Waals surface area (Å²) in [4.78, 5) is 3.34. The van der Waals surface area contributed by atoms with Crippen LogP contribution < -0.4 is 0 Å². The van der Waals surface area contributed by atoms with Crippen LogP contribution in [0, 0.1) is 0 Å². The molecular weight excluding hydrogens is 140 g/mol. The van der Waals surface area contributed by atoms with Crippen molar-refractivity contribution in [2.75, 3.05) is 0 Å². The van der Waals surface area contributed by atoms with Crippen LogP contribution in [-0.2, 0) is 5.92 Å². The van der Waals surface area contributed by atoms with Gasteiger partial charge in [-0.05, 0) is 0 Å². The third kappa shape index (κ3) is 1.15. The summed E-state index contributed by atoms with van der Waals surface area (Å²) < 4.78 is 29.6. The first-order valence-corrected chi connectivity index (χ1v) is 2.93. The Morgan fingerprint density at radius 2 is 2.40 bits per heavy atom. The molecule has 10 heavy (non-hydrogen) atoms. The average Bonchev–Trinajstić information content (AvgIpc) is 2.38. The van der Waals surface area contributed by atoms with Gasteiger partial charge in [0.1, 0.15) is 12.0 Å². The Bertz CT molecular complexity index is 196. The normalized spacial score (nSPS) is 11.9. The van der Waals surface area contributed by atoms with Crippen molar-refractivity contribution in [1.29, 1.82) is 0 Å². The fraction of sp³-hybridized carbons (Fsp3) is 0.500. The lowest BCUT2D eigenvalue weighted by molar-refractivity contribution is -0.0128. The molecule has 0 fully saturated rings. The maximum absolute atomic E-state index is 12.6. The van der Waals surface area contributed by atoms with Crippen molar-refractivity contribution >= 4 is 0 Å². The molecule has 1 heterocycles. The minimum Gasteiger partial charge on any atom is -0.451 e. The predicted molar refractivity (Wildman–Crippen MR) is 30.7 cm³/mol. The molecule has 2 nitrogen and oxygen atoms in total. The highest BCUT2D eigenvalue weighted by Gasteiger charge is 2.31. The average molecular weight is 147 g/mol. The van der Waals surface area contributed by atoms with Crippen LogP contribution in [-0.4, -0.2) is 4.98 Å². The molecule has 1 aromatic heterocycles. The number of halogens is 2. The largest absolute Gasteiger partial charge is 0.451 e. The molecule has 1 rings (SSSR count). The maximum atomic E-state index is 12.6. The highest BCUT2D eigenvalue weighted by Crippen LogP contribution is 2.29. The highest BCUT2D eigenvalue weighted by molar-refractivity contribution is 5.00. The third-order valence-corrected chi connectivity index (χ3v) is 1.25. The van der Waals surface area contributed by atoms with E-state index in [9.17, 15) is 8.78 Å². The van der Waals surface area contributed by atoms with E-state index in [1.165, 1.54) is 6.92 Å². The molecule has 0 amide bonds. The van der Waals surface area contributed by atoms with Crippen LogP contribution in [0.5, 0.6) is 0 Å². The first kappa shape index (κ1) is 7.18. The SMILES string of the molecule is CCC(F)(F)c1cocn1. The van der Waals surface area contributed by atoms with Gasteiger partial charge in [-0.25, -0.2) is 4.98 Å². The lowest BCUT2D eigenvalue weighted by Crippen LogP contribution is -2.11. The third-order valence-electron chi connectivity index (χ3n) is 1.25. The second-order valence-corrected chi connectivity index (χ2v) is 1.93. The summed E-state index contributed by atoms with van der Waals surface area (Å²) in [5, 5.41) is 0. The first-order chi connectivity index (χ1) is 4.67. The van der Waals surface area contributed by atoms with Gasteiger partial charge in [0.25, 0.3) is 5.92 Å². The summed E-state index contributed by atoms with van der Waals surface area (Å²) in [6, 6.07) is 0. The Labute approximate surface area is 56.9 Å². The van der Waals surface area contributed by atoms with Gasteiger partial charge in [0.05, 0.1) is 0 Å². The number of aromatic nitrogens is 1. The van der Waals surface area contributed by atoms with Crippen LogP contribution in [0.25, 0.3) is 0 Å². The zero-order chi connectivity index (χ0) is 7.61. The minimum absolute atomic E-state index is 0.250. The molecule has 4 heteroatoms. The lowest BCUT2D eigenvalue weighted by atomic mass is 10.2. The molecule has 1 aromatic rings. The van der Waals surface area contributed by atoms with Crippen molar-refractivity contribution in [2.45, 2.75) is 19.3 Å². The van der Waals surface area contributed by atoms with E-state index in [0.717, 1.165) is 12.7 Å². The van der Waals surface area contributed by atoms with Gasteiger partial charge in [-0.3, -0.25) is 0 Å². The zero-order valence-electron chi connectivity index (χ0n) is 5.47. The molecule has 0 N–H and O–H groups in total. The van der Waals surface area contributed by atoms with Crippen molar-refractivity contribution < 1.29 is 13.2 Å². The monoisotopic (exact) mass is 147 g/mol. The lowest BCUT2D eigenvalue weighted by Gasteiger charge is -2.08. The molecule has 0 aliphatic rings. The Balaban J connectivity index is 2.85. The number of nitrogens with zero attached hydrogens (tertiary/aromatic N) is 1. The van der Waals surface area contributed by atoms with Crippen molar-refractivity contribution in [3.63, 3.8) is 0 Å². The van der Waals surface area contributed by atoms with E-state index in [0.29, 0.717) is 0 Å².